The third-order valence-corrected chi connectivity index (χ3v) is 3.06. The summed E-state index contributed by atoms with van der Waals surface area (Å²) in [7, 11) is 0. The van der Waals surface area contributed by atoms with Crippen molar-refractivity contribution in [2.24, 2.45) is 0 Å². The average molecular weight is 360 g/mol. The molecule has 0 spiro atoms. The molecule has 0 aliphatic rings. The summed E-state index contributed by atoms with van der Waals surface area (Å²) in [4.78, 5) is 34.6. The highest BCUT2D eigenvalue weighted by atomic mass is 19.4. The molecule has 1 rings (SSSR count). The van der Waals surface area contributed by atoms with Gasteiger partial charge in [-0.05, 0) is 26.0 Å². The molecule has 0 saturated heterocycles. The highest BCUT2D eigenvalue weighted by Gasteiger charge is 2.42. The predicted molar refractivity (Wildman–Crippen MR) is 83.7 cm³/mol. The largest absolute Gasteiger partial charge is 0.466 e. The number of benzene rings is 1. The molecule has 1 aromatic rings. The summed E-state index contributed by atoms with van der Waals surface area (Å²) >= 11 is 0. The molecule has 6 nitrogen and oxygen atoms in total. The molecule has 0 radical (unpaired) electrons. The smallest absolute Gasteiger partial charge is 0.409 e. The summed E-state index contributed by atoms with van der Waals surface area (Å²) in [6, 6.07) is 4.25. The van der Waals surface area contributed by atoms with Gasteiger partial charge in [0, 0.05) is 5.69 Å². The van der Waals surface area contributed by atoms with E-state index in [9.17, 15) is 27.6 Å². The van der Waals surface area contributed by atoms with Gasteiger partial charge in [0.2, 0.25) is 11.8 Å². The number of amides is 2. The molecule has 0 aliphatic heterocycles. The zero-order valence-electron chi connectivity index (χ0n) is 13.8. The molecule has 1 aromatic carbocycles. The molecule has 25 heavy (non-hydrogen) atoms. The van der Waals surface area contributed by atoms with Crippen LogP contribution in [0.1, 0.15) is 25.3 Å². The van der Waals surface area contributed by atoms with Crippen LogP contribution >= 0.6 is 0 Å². The van der Waals surface area contributed by atoms with E-state index in [-0.39, 0.29) is 6.61 Å². The minimum absolute atomic E-state index is 0.0731. The van der Waals surface area contributed by atoms with E-state index in [0.717, 1.165) is 5.56 Å². The second-order valence-corrected chi connectivity index (χ2v) is 5.26. The number of alkyl halides is 3. The number of carbonyl (C=O) groups excluding carboxylic acids is 3. The first kappa shape index (κ1) is 20.5. The molecule has 0 fully saturated rings. The number of anilines is 1. The van der Waals surface area contributed by atoms with Crippen LogP contribution in [0.3, 0.4) is 0 Å². The van der Waals surface area contributed by atoms with Gasteiger partial charge in [-0.25, -0.2) is 0 Å². The van der Waals surface area contributed by atoms with Crippen molar-refractivity contribution in [1.29, 1.82) is 0 Å². The fourth-order valence-electron chi connectivity index (χ4n) is 1.87. The Labute approximate surface area is 142 Å². The summed E-state index contributed by atoms with van der Waals surface area (Å²) in [6.07, 6.45) is -6.69. The number of rotatable bonds is 7. The minimum Gasteiger partial charge on any atom is -0.466 e. The molecule has 0 heterocycles. The Hall–Kier alpha value is -2.58. The second-order valence-electron chi connectivity index (χ2n) is 5.26. The van der Waals surface area contributed by atoms with Crippen molar-refractivity contribution >= 4 is 23.5 Å². The van der Waals surface area contributed by atoms with Crippen LogP contribution in [-0.4, -0.2) is 36.6 Å². The van der Waals surface area contributed by atoms with Gasteiger partial charge in [0.25, 0.3) is 0 Å². The monoisotopic (exact) mass is 360 g/mol. The fraction of sp³-hybridized carbons (Fsp3) is 0.438. The predicted octanol–water partition coefficient (Wildman–Crippen LogP) is 2.32. The first-order valence-corrected chi connectivity index (χ1v) is 7.50. The van der Waals surface area contributed by atoms with Crippen LogP contribution in [0, 0.1) is 6.92 Å². The van der Waals surface area contributed by atoms with Crippen LogP contribution in [0.2, 0.25) is 0 Å². The van der Waals surface area contributed by atoms with Gasteiger partial charge in [-0.15, -0.1) is 0 Å². The SMILES string of the molecule is CCOC(=O)C[C@H](NC(=O)CC(=O)Nc1ccc(C)cc1)C(F)(F)F. The Morgan fingerprint density at radius 3 is 2.24 bits per heavy atom. The van der Waals surface area contributed by atoms with Gasteiger partial charge in [0.15, 0.2) is 0 Å². The Bertz CT molecular complexity index is 615. The molecule has 0 saturated carbocycles. The molecule has 0 unspecified atom stereocenters. The average Bonchev–Trinajstić information content (AvgIpc) is 2.48. The van der Waals surface area contributed by atoms with E-state index in [1.807, 2.05) is 6.92 Å². The summed E-state index contributed by atoms with van der Waals surface area (Å²) in [5.74, 6) is -3.00. The third-order valence-electron chi connectivity index (χ3n) is 3.06. The van der Waals surface area contributed by atoms with Crippen molar-refractivity contribution in [2.75, 3.05) is 11.9 Å². The van der Waals surface area contributed by atoms with E-state index in [1.54, 1.807) is 29.6 Å². The summed E-state index contributed by atoms with van der Waals surface area (Å²) in [6.45, 7) is 3.23. The van der Waals surface area contributed by atoms with Crippen LogP contribution in [-0.2, 0) is 19.1 Å². The van der Waals surface area contributed by atoms with Gasteiger partial charge in [-0.2, -0.15) is 13.2 Å². The molecule has 1 atom stereocenters. The van der Waals surface area contributed by atoms with E-state index in [2.05, 4.69) is 10.1 Å². The number of carbonyl (C=O) groups is 3. The Morgan fingerprint density at radius 2 is 1.72 bits per heavy atom. The van der Waals surface area contributed by atoms with Crippen molar-refractivity contribution in [3.05, 3.63) is 29.8 Å². The standard InChI is InChI=1S/C16H19F3N2O4/c1-3-25-15(24)8-12(16(17,18)19)21-14(23)9-13(22)20-11-6-4-10(2)5-7-11/h4-7,12H,3,8-9H2,1-2H3,(H,20,22)(H,21,23)/t12-/m0/s1. The van der Waals surface area contributed by atoms with Crippen molar-refractivity contribution in [1.82, 2.24) is 5.32 Å². The minimum atomic E-state index is -4.84. The van der Waals surface area contributed by atoms with Gasteiger partial charge < -0.3 is 15.4 Å². The van der Waals surface area contributed by atoms with Crippen LogP contribution in [0.5, 0.6) is 0 Å². The molecule has 2 N–H and O–H groups in total. The van der Waals surface area contributed by atoms with Gasteiger partial charge in [0.05, 0.1) is 13.0 Å². The number of ether oxygens (including phenoxy) is 1. The van der Waals surface area contributed by atoms with Crippen molar-refractivity contribution < 1.29 is 32.3 Å². The fourth-order valence-corrected chi connectivity index (χ4v) is 1.87. The van der Waals surface area contributed by atoms with Crippen LogP contribution in [0.15, 0.2) is 24.3 Å². The van der Waals surface area contributed by atoms with Crippen LogP contribution in [0.4, 0.5) is 18.9 Å². The molecular formula is C16H19F3N2O4. The molecule has 9 heteroatoms. The first-order valence-electron chi connectivity index (χ1n) is 7.50. The van der Waals surface area contributed by atoms with Gasteiger partial charge in [-0.3, -0.25) is 14.4 Å². The molecule has 138 valence electrons. The normalized spacial score (nSPS) is 12.2. The Kier molecular flexibility index (Phi) is 7.41. The van der Waals surface area contributed by atoms with Crippen LogP contribution < -0.4 is 10.6 Å². The molecule has 0 bridgehead atoms. The van der Waals surface area contributed by atoms with Crippen molar-refractivity contribution in [3.63, 3.8) is 0 Å². The highest BCUT2D eigenvalue weighted by molar-refractivity contribution is 6.03. The lowest BCUT2D eigenvalue weighted by molar-refractivity contribution is -0.172. The van der Waals surface area contributed by atoms with Gasteiger partial charge >= 0.3 is 12.1 Å². The first-order chi connectivity index (χ1) is 11.6. The molecular weight excluding hydrogens is 341 g/mol. The molecule has 2 amide bonds. The maximum atomic E-state index is 12.9. The third kappa shape index (κ3) is 7.69. The molecule has 0 aromatic heterocycles. The lowest BCUT2D eigenvalue weighted by atomic mass is 10.2. The molecule has 0 aliphatic carbocycles. The zero-order chi connectivity index (χ0) is 19.0. The number of hydrogen-bond donors (Lipinski definition) is 2. The van der Waals surface area contributed by atoms with Crippen molar-refractivity contribution in [3.8, 4) is 0 Å². The van der Waals surface area contributed by atoms with E-state index in [4.69, 9.17) is 0 Å². The lowest BCUT2D eigenvalue weighted by Gasteiger charge is -2.20. The lowest BCUT2D eigenvalue weighted by Crippen LogP contribution is -2.47. The van der Waals surface area contributed by atoms with E-state index >= 15 is 0 Å². The number of esters is 1. The summed E-state index contributed by atoms with van der Waals surface area (Å²) in [5, 5.41) is 4.05. The van der Waals surface area contributed by atoms with Crippen LogP contribution in [0.25, 0.3) is 0 Å². The number of nitrogens with one attached hydrogen (secondary N) is 2. The maximum absolute atomic E-state index is 12.9. The number of hydrogen-bond acceptors (Lipinski definition) is 4. The van der Waals surface area contributed by atoms with Gasteiger partial charge in [0.1, 0.15) is 12.5 Å². The summed E-state index contributed by atoms with van der Waals surface area (Å²) in [5.41, 5.74) is 1.38. The van der Waals surface area contributed by atoms with E-state index in [0.29, 0.717) is 5.69 Å². The second kappa shape index (κ2) is 9.05. The number of halogens is 3. The van der Waals surface area contributed by atoms with E-state index in [1.165, 1.54) is 6.92 Å². The van der Waals surface area contributed by atoms with Gasteiger partial charge in [-0.1, -0.05) is 17.7 Å². The van der Waals surface area contributed by atoms with Crippen molar-refractivity contribution in [2.45, 2.75) is 38.9 Å². The topological polar surface area (TPSA) is 84.5 Å². The number of aryl methyl sites for hydroxylation is 1. The quantitative estimate of drug-likeness (QED) is 0.577. The maximum Gasteiger partial charge on any atom is 0.409 e. The highest BCUT2D eigenvalue weighted by Crippen LogP contribution is 2.23. The van der Waals surface area contributed by atoms with E-state index < -0.39 is 42.8 Å². The zero-order valence-corrected chi connectivity index (χ0v) is 13.8. The summed E-state index contributed by atoms with van der Waals surface area (Å²) < 4.78 is 43.1. The Balaban J connectivity index is 2.59. The Morgan fingerprint density at radius 1 is 1.12 bits per heavy atom.